The number of amides is 3. The highest BCUT2D eigenvalue weighted by Gasteiger charge is 2.48. The lowest BCUT2D eigenvalue weighted by Gasteiger charge is -2.43. The van der Waals surface area contributed by atoms with Crippen LogP contribution in [-0.2, 0) is 20.6 Å². The van der Waals surface area contributed by atoms with Gasteiger partial charge in [-0.2, -0.15) is 13.2 Å². The zero-order chi connectivity index (χ0) is 24.6. The van der Waals surface area contributed by atoms with Crippen molar-refractivity contribution in [3.05, 3.63) is 59.2 Å². The molecule has 2 aliphatic rings. The summed E-state index contributed by atoms with van der Waals surface area (Å²) < 4.78 is 39.0. The standard InChI is InChI=1S/C23H24F3N5O3/c1-11-6-7-15(8-12(11)2)27-20(33)16-10-17(32)29-19-18(16)21(34)31-22(30-19)28-14-5-3-4-13(9-14)23(24,25)26/h3-9,16,18-19,22,28,30H,10H2,1-2H3,(H,27,33)(H,29,32)(H,31,34). The molecule has 0 bridgehead atoms. The summed E-state index contributed by atoms with van der Waals surface area (Å²) in [6.07, 6.45) is -6.52. The lowest BCUT2D eigenvalue weighted by Crippen LogP contribution is -2.72. The number of rotatable bonds is 4. The van der Waals surface area contributed by atoms with Crippen LogP contribution in [0.4, 0.5) is 24.5 Å². The van der Waals surface area contributed by atoms with Crippen molar-refractivity contribution in [3.8, 4) is 0 Å². The zero-order valence-electron chi connectivity index (χ0n) is 18.4. The van der Waals surface area contributed by atoms with Crippen LogP contribution in [0.15, 0.2) is 42.5 Å². The maximum atomic E-state index is 13.0. The van der Waals surface area contributed by atoms with Gasteiger partial charge in [-0.05, 0) is 55.3 Å². The number of aryl methyl sites for hydroxylation is 2. The predicted octanol–water partition coefficient (Wildman–Crippen LogP) is 2.45. The van der Waals surface area contributed by atoms with E-state index in [4.69, 9.17) is 0 Å². The lowest BCUT2D eigenvalue weighted by atomic mass is 9.81. The Bertz CT molecular complexity index is 1140. The van der Waals surface area contributed by atoms with Gasteiger partial charge in [-0.3, -0.25) is 19.7 Å². The van der Waals surface area contributed by atoms with Crippen molar-refractivity contribution < 1.29 is 27.6 Å². The molecule has 5 N–H and O–H groups in total. The summed E-state index contributed by atoms with van der Waals surface area (Å²) in [7, 11) is 0. The lowest BCUT2D eigenvalue weighted by molar-refractivity contribution is -0.144. The van der Waals surface area contributed by atoms with Gasteiger partial charge in [-0.15, -0.1) is 0 Å². The van der Waals surface area contributed by atoms with Gasteiger partial charge < -0.3 is 21.3 Å². The van der Waals surface area contributed by atoms with Crippen LogP contribution in [0.1, 0.15) is 23.1 Å². The van der Waals surface area contributed by atoms with Crippen molar-refractivity contribution in [2.75, 3.05) is 10.6 Å². The summed E-state index contributed by atoms with van der Waals surface area (Å²) in [4.78, 5) is 38.2. The molecule has 2 fully saturated rings. The number of piperidine rings is 1. The molecule has 4 atom stereocenters. The average Bonchev–Trinajstić information content (AvgIpc) is 2.75. The second-order valence-electron chi connectivity index (χ2n) is 8.50. The third kappa shape index (κ3) is 4.98. The number of carbonyl (C=O) groups is 3. The topological polar surface area (TPSA) is 111 Å². The van der Waals surface area contributed by atoms with E-state index in [0.717, 1.165) is 23.3 Å². The molecule has 2 aromatic rings. The molecule has 34 heavy (non-hydrogen) atoms. The van der Waals surface area contributed by atoms with Crippen LogP contribution in [0.2, 0.25) is 0 Å². The Morgan fingerprint density at radius 2 is 1.76 bits per heavy atom. The monoisotopic (exact) mass is 475 g/mol. The van der Waals surface area contributed by atoms with Gasteiger partial charge in [-0.1, -0.05) is 12.1 Å². The minimum Gasteiger partial charge on any atom is -0.353 e. The Morgan fingerprint density at radius 1 is 1.00 bits per heavy atom. The summed E-state index contributed by atoms with van der Waals surface area (Å²) in [6, 6.07) is 9.94. The van der Waals surface area contributed by atoms with Crippen molar-refractivity contribution in [2.45, 2.75) is 38.9 Å². The van der Waals surface area contributed by atoms with Crippen molar-refractivity contribution in [1.29, 1.82) is 0 Å². The fourth-order valence-electron chi connectivity index (χ4n) is 4.16. The van der Waals surface area contributed by atoms with E-state index in [1.165, 1.54) is 12.1 Å². The Balaban J connectivity index is 1.48. The number of halogens is 3. The first kappa shape index (κ1) is 23.6. The number of hydrogen-bond donors (Lipinski definition) is 5. The Morgan fingerprint density at radius 3 is 2.47 bits per heavy atom. The molecule has 11 heteroatoms. The minimum atomic E-state index is -4.51. The number of alkyl halides is 3. The van der Waals surface area contributed by atoms with Gasteiger partial charge in [0.25, 0.3) is 0 Å². The normalized spacial score (nSPS) is 24.5. The molecule has 0 spiro atoms. The summed E-state index contributed by atoms with van der Waals surface area (Å²) in [5.74, 6) is -3.21. The molecule has 2 aromatic carbocycles. The first-order valence-corrected chi connectivity index (χ1v) is 10.7. The van der Waals surface area contributed by atoms with E-state index in [-0.39, 0.29) is 12.1 Å². The number of hydrogen-bond acceptors (Lipinski definition) is 5. The number of carbonyl (C=O) groups excluding carboxylic acids is 3. The van der Waals surface area contributed by atoms with Gasteiger partial charge >= 0.3 is 6.18 Å². The van der Waals surface area contributed by atoms with Gasteiger partial charge in [0.15, 0.2) is 6.29 Å². The Hall–Kier alpha value is -3.60. The van der Waals surface area contributed by atoms with Gasteiger partial charge in [0, 0.05) is 17.8 Å². The van der Waals surface area contributed by atoms with Gasteiger partial charge in [0.05, 0.1) is 23.6 Å². The Labute approximate surface area is 193 Å². The highest BCUT2D eigenvalue weighted by molar-refractivity contribution is 6.00. The molecular weight excluding hydrogens is 451 g/mol. The van der Waals surface area contributed by atoms with E-state index in [0.29, 0.717) is 5.69 Å². The van der Waals surface area contributed by atoms with Crippen LogP contribution in [-0.4, -0.2) is 30.2 Å². The van der Waals surface area contributed by atoms with E-state index in [1.807, 2.05) is 26.0 Å². The molecule has 0 radical (unpaired) electrons. The van der Waals surface area contributed by atoms with E-state index in [9.17, 15) is 27.6 Å². The highest BCUT2D eigenvalue weighted by atomic mass is 19.4. The molecule has 0 aliphatic carbocycles. The first-order chi connectivity index (χ1) is 16.0. The molecule has 0 saturated carbocycles. The zero-order valence-corrected chi connectivity index (χ0v) is 18.4. The van der Waals surface area contributed by atoms with Crippen molar-refractivity contribution in [3.63, 3.8) is 0 Å². The maximum absolute atomic E-state index is 13.0. The van der Waals surface area contributed by atoms with E-state index >= 15 is 0 Å². The minimum absolute atomic E-state index is 0.122. The third-order valence-corrected chi connectivity index (χ3v) is 6.06. The number of anilines is 2. The second-order valence-corrected chi connectivity index (χ2v) is 8.50. The SMILES string of the molecule is Cc1ccc(NC(=O)C2CC(=O)NC3NC(Nc4cccc(C(F)(F)F)c4)NC(=O)C32)cc1C. The number of nitrogens with one attached hydrogen (secondary N) is 5. The molecule has 4 rings (SSSR count). The van der Waals surface area contributed by atoms with E-state index in [2.05, 4.69) is 26.6 Å². The second kappa shape index (κ2) is 8.98. The van der Waals surface area contributed by atoms with E-state index < -0.39 is 53.8 Å². The maximum Gasteiger partial charge on any atom is 0.416 e. The van der Waals surface area contributed by atoms with Crippen LogP contribution < -0.4 is 26.6 Å². The summed E-state index contributed by atoms with van der Waals surface area (Å²) in [5.41, 5.74) is 1.88. The fraction of sp³-hybridized carbons (Fsp3) is 0.348. The fourth-order valence-corrected chi connectivity index (χ4v) is 4.16. The molecule has 0 aromatic heterocycles. The molecular formula is C23H24F3N5O3. The van der Waals surface area contributed by atoms with Crippen molar-refractivity contribution >= 4 is 29.1 Å². The number of fused-ring (bicyclic) bond motifs is 1. The third-order valence-electron chi connectivity index (χ3n) is 6.06. The van der Waals surface area contributed by atoms with E-state index in [1.54, 1.807) is 6.07 Å². The molecule has 2 heterocycles. The summed E-state index contributed by atoms with van der Waals surface area (Å²) in [5, 5.41) is 13.8. The van der Waals surface area contributed by atoms with Crippen molar-refractivity contribution in [2.24, 2.45) is 11.8 Å². The van der Waals surface area contributed by atoms with Crippen LogP contribution >= 0.6 is 0 Å². The van der Waals surface area contributed by atoms with Crippen LogP contribution in [0, 0.1) is 25.7 Å². The molecule has 180 valence electrons. The molecule has 3 amide bonds. The number of benzene rings is 2. The van der Waals surface area contributed by atoms with Crippen LogP contribution in [0.3, 0.4) is 0 Å². The van der Waals surface area contributed by atoms with Crippen molar-refractivity contribution in [1.82, 2.24) is 16.0 Å². The van der Waals surface area contributed by atoms with Gasteiger partial charge in [-0.25, -0.2) is 0 Å². The summed E-state index contributed by atoms with van der Waals surface area (Å²) >= 11 is 0. The summed E-state index contributed by atoms with van der Waals surface area (Å²) in [6.45, 7) is 3.85. The average molecular weight is 475 g/mol. The molecule has 2 saturated heterocycles. The van der Waals surface area contributed by atoms with Gasteiger partial charge in [0.1, 0.15) is 0 Å². The Kier molecular flexibility index (Phi) is 6.22. The molecule has 2 aliphatic heterocycles. The molecule has 4 unspecified atom stereocenters. The predicted molar refractivity (Wildman–Crippen MR) is 118 cm³/mol. The molecule has 8 nitrogen and oxygen atoms in total. The smallest absolute Gasteiger partial charge is 0.353 e. The highest BCUT2D eigenvalue weighted by Crippen LogP contribution is 2.31. The van der Waals surface area contributed by atoms with Crippen LogP contribution in [0.25, 0.3) is 0 Å². The van der Waals surface area contributed by atoms with Crippen LogP contribution in [0.5, 0.6) is 0 Å². The largest absolute Gasteiger partial charge is 0.416 e. The first-order valence-electron chi connectivity index (χ1n) is 10.7. The van der Waals surface area contributed by atoms with Gasteiger partial charge in [0.2, 0.25) is 17.7 Å². The quantitative estimate of drug-likeness (QED) is 0.467.